The van der Waals surface area contributed by atoms with Gasteiger partial charge in [-0.1, -0.05) is 62.4 Å². The lowest BCUT2D eigenvalue weighted by Gasteiger charge is -2.39. The molecule has 1 atom stereocenters. The summed E-state index contributed by atoms with van der Waals surface area (Å²) in [6.07, 6.45) is 0. The van der Waals surface area contributed by atoms with Gasteiger partial charge in [0.25, 0.3) is 5.91 Å². The molecular formula is C28H32N4O6S2. The van der Waals surface area contributed by atoms with Crippen LogP contribution in [0.5, 0.6) is 0 Å². The van der Waals surface area contributed by atoms with Gasteiger partial charge in [0.05, 0.1) is 21.0 Å². The van der Waals surface area contributed by atoms with E-state index in [2.05, 4.69) is 10.6 Å². The fraction of sp³-hybridized carbons (Fsp3) is 0.286. The largest absolute Gasteiger partial charge is 0.352 e. The van der Waals surface area contributed by atoms with E-state index in [0.717, 1.165) is 8.61 Å². The fourth-order valence-electron chi connectivity index (χ4n) is 4.33. The third-order valence-corrected chi connectivity index (χ3v) is 10.2. The number of rotatable bonds is 9. The van der Waals surface area contributed by atoms with Gasteiger partial charge in [-0.25, -0.2) is 16.8 Å². The van der Waals surface area contributed by atoms with Crippen molar-refractivity contribution in [2.45, 2.75) is 29.7 Å². The molecule has 0 aromatic heterocycles. The van der Waals surface area contributed by atoms with Crippen molar-refractivity contribution in [1.82, 2.24) is 13.9 Å². The lowest BCUT2D eigenvalue weighted by molar-refractivity contribution is -0.120. The number of para-hydroxylation sites is 1. The first kappa shape index (κ1) is 29.4. The van der Waals surface area contributed by atoms with Crippen LogP contribution in [-0.2, 0) is 24.8 Å². The molecule has 4 rings (SSSR count). The Morgan fingerprint density at radius 1 is 0.800 bits per heavy atom. The third-order valence-electron chi connectivity index (χ3n) is 6.43. The molecule has 1 saturated heterocycles. The number of nitrogens with zero attached hydrogens (tertiary/aromatic N) is 2. The van der Waals surface area contributed by atoms with Crippen molar-refractivity contribution in [3.63, 3.8) is 0 Å². The van der Waals surface area contributed by atoms with Crippen LogP contribution < -0.4 is 10.6 Å². The van der Waals surface area contributed by atoms with Crippen molar-refractivity contribution in [3.05, 3.63) is 90.5 Å². The molecule has 3 aromatic rings. The van der Waals surface area contributed by atoms with E-state index in [1.807, 2.05) is 13.8 Å². The highest BCUT2D eigenvalue weighted by Gasteiger charge is 2.43. The van der Waals surface area contributed by atoms with Gasteiger partial charge in [0.15, 0.2) is 0 Å². The Labute approximate surface area is 235 Å². The minimum atomic E-state index is -4.15. The first-order valence-electron chi connectivity index (χ1n) is 12.8. The molecule has 1 fully saturated rings. The van der Waals surface area contributed by atoms with E-state index in [1.165, 1.54) is 24.3 Å². The second kappa shape index (κ2) is 12.3. The highest BCUT2D eigenvalue weighted by atomic mass is 32.2. The SMILES string of the molecule is CC(C)CNC(=O)c1ccccc1NC(=O)[C@H]1CN(S(=O)(=O)c2ccccc2)CCN1S(=O)(=O)c1ccccc1. The maximum atomic E-state index is 13.7. The normalized spacial score (nSPS) is 16.9. The van der Waals surface area contributed by atoms with Gasteiger partial charge >= 0.3 is 0 Å². The number of benzene rings is 3. The maximum Gasteiger partial charge on any atom is 0.253 e. The molecule has 10 nitrogen and oxygen atoms in total. The quantitative estimate of drug-likeness (QED) is 0.398. The minimum absolute atomic E-state index is 0.0133. The van der Waals surface area contributed by atoms with E-state index in [-0.39, 0.29) is 40.0 Å². The Bertz CT molecular complexity index is 1560. The van der Waals surface area contributed by atoms with Gasteiger partial charge in [0.1, 0.15) is 6.04 Å². The summed E-state index contributed by atoms with van der Waals surface area (Å²) in [4.78, 5) is 26.6. The number of hydrogen-bond acceptors (Lipinski definition) is 6. The van der Waals surface area contributed by atoms with Crippen molar-refractivity contribution in [1.29, 1.82) is 0 Å². The van der Waals surface area contributed by atoms with Crippen LogP contribution in [0.3, 0.4) is 0 Å². The molecule has 2 N–H and O–H groups in total. The third kappa shape index (κ3) is 6.41. The smallest absolute Gasteiger partial charge is 0.253 e. The van der Waals surface area contributed by atoms with Crippen LogP contribution in [0.1, 0.15) is 24.2 Å². The van der Waals surface area contributed by atoms with Crippen LogP contribution in [-0.4, -0.2) is 69.5 Å². The zero-order chi connectivity index (χ0) is 28.9. The molecule has 0 unspecified atom stereocenters. The standard InChI is InChI=1S/C28H32N4O6S2/c1-21(2)19-29-27(33)24-15-9-10-16-25(24)30-28(34)26-20-31(39(35,36)22-11-5-3-6-12-22)17-18-32(26)40(37,38)23-13-7-4-8-14-23/h3-16,21,26H,17-20H2,1-2H3,(H,29,33)(H,30,34)/t26-/m1/s1. The maximum absolute atomic E-state index is 13.7. The molecular weight excluding hydrogens is 552 g/mol. The van der Waals surface area contributed by atoms with Crippen LogP contribution in [0, 0.1) is 5.92 Å². The van der Waals surface area contributed by atoms with E-state index in [1.54, 1.807) is 60.7 Å². The van der Waals surface area contributed by atoms with Crippen LogP contribution in [0.2, 0.25) is 0 Å². The Morgan fingerprint density at radius 3 is 1.95 bits per heavy atom. The summed E-state index contributed by atoms with van der Waals surface area (Å²) in [7, 11) is -8.16. The summed E-state index contributed by atoms with van der Waals surface area (Å²) in [6.45, 7) is 3.55. The Hall–Kier alpha value is -3.58. The summed E-state index contributed by atoms with van der Waals surface area (Å²) in [5.74, 6) is -0.936. The van der Waals surface area contributed by atoms with Crippen molar-refractivity contribution in [3.8, 4) is 0 Å². The van der Waals surface area contributed by atoms with Crippen LogP contribution in [0.15, 0.2) is 94.7 Å². The number of sulfonamides is 2. The summed E-state index contributed by atoms with van der Waals surface area (Å²) < 4.78 is 56.1. The van der Waals surface area contributed by atoms with E-state index in [0.29, 0.717) is 6.54 Å². The first-order chi connectivity index (χ1) is 19.0. The zero-order valence-electron chi connectivity index (χ0n) is 22.2. The Balaban J connectivity index is 1.68. The first-order valence-corrected chi connectivity index (χ1v) is 15.7. The molecule has 0 saturated carbocycles. The number of anilines is 1. The summed E-state index contributed by atoms with van der Waals surface area (Å²) in [6, 6.07) is 20.4. The second-order valence-corrected chi connectivity index (χ2v) is 13.6. The average molecular weight is 585 g/mol. The van der Waals surface area contributed by atoms with Gasteiger partial charge in [-0.15, -0.1) is 0 Å². The zero-order valence-corrected chi connectivity index (χ0v) is 23.9. The lowest BCUT2D eigenvalue weighted by atomic mass is 10.1. The molecule has 1 aliphatic rings. The number of carbonyl (C=O) groups excluding carboxylic acids is 2. The molecule has 3 aromatic carbocycles. The van der Waals surface area contributed by atoms with Crippen LogP contribution in [0.4, 0.5) is 5.69 Å². The number of nitrogens with one attached hydrogen (secondary N) is 2. The number of hydrogen-bond donors (Lipinski definition) is 2. The summed E-state index contributed by atoms with van der Waals surface area (Å²) in [5.41, 5.74) is 0.396. The predicted octanol–water partition coefficient (Wildman–Crippen LogP) is 2.77. The van der Waals surface area contributed by atoms with Gasteiger partial charge < -0.3 is 10.6 Å². The number of amides is 2. The summed E-state index contributed by atoms with van der Waals surface area (Å²) >= 11 is 0. The molecule has 0 spiro atoms. The summed E-state index contributed by atoms with van der Waals surface area (Å²) in [5, 5.41) is 5.49. The molecule has 0 bridgehead atoms. The van der Waals surface area contributed by atoms with E-state index < -0.39 is 44.4 Å². The number of carbonyl (C=O) groups is 2. The lowest BCUT2D eigenvalue weighted by Crippen LogP contribution is -2.60. The molecule has 212 valence electrons. The van der Waals surface area contributed by atoms with Crippen molar-refractivity contribution in [2.75, 3.05) is 31.5 Å². The van der Waals surface area contributed by atoms with Crippen LogP contribution >= 0.6 is 0 Å². The molecule has 40 heavy (non-hydrogen) atoms. The Kier molecular flexibility index (Phi) is 9.04. The van der Waals surface area contributed by atoms with Crippen molar-refractivity contribution < 1.29 is 26.4 Å². The van der Waals surface area contributed by atoms with Gasteiger partial charge in [-0.05, 0) is 42.3 Å². The molecule has 0 aliphatic carbocycles. The molecule has 1 aliphatic heterocycles. The van der Waals surface area contributed by atoms with Gasteiger partial charge in [0.2, 0.25) is 26.0 Å². The van der Waals surface area contributed by atoms with Crippen LogP contribution in [0.25, 0.3) is 0 Å². The van der Waals surface area contributed by atoms with E-state index >= 15 is 0 Å². The monoisotopic (exact) mass is 584 g/mol. The highest BCUT2D eigenvalue weighted by Crippen LogP contribution is 2.26. The second-order valence-electron chi connectivity index (χ2n) is 9.76. The minimum Gasteiger partial charge on any atom is -0.352 e. The average Bonchev–Trinajstić information content (AvgIpc) is 2.96. The highest BCUT2D eigenvalue weighted by molar-refractivity contribution is 7.89. The van der Waals surface area contributed by atoms with Gasteiger partial charge in [0, 0.05) is 26.2 Å². The molecule has 0 radical (unpaired) electrons. The Morgan fingerprint density at radius 2 is 1.35 bits per heavy atom. The fourth-order valence-corrected chi connectivity index (χ4v) is 7.38. The van der Waals surface area contributed by atoms with E-state index in [9.17, 15) is 26.4 Å². The molecule has 2 amide bonds. The van der Waals surface area contributed by atoms with Gasteiger partial charge in [-0.2, -0.15) is 8.61 Å². The van der Waals surface area contributed by atoms with Gasteiger partial charge in [-0.3, -0.25) is 9.59 Å². The number of piperazine rings is 1. The topological polar surface area (TPSA) is 133 Å². The van der Waals surface area contributed by atoms with E-state index in [4.69, 9.17) is 0 Å². The van der Waals surface area contributed by atoms with Crippen molar-refractivity contribution >= 4 is 37.5 Å². The molecule has 1 heterocycles. The van der Waals surface area contributed by atoms with Crippen molar-refractivity contribution in [2.24, 2.45) is 5.92 Å². The molecule has 12 heteroatoms. The predicted molar refractivity (Wildman–Crippen MR) is 152 cm³/mol.